The molecule has 0 saturated carbocycles. The lowest BCUT2D eigenvalue weighted by Gasteiger charge is -2.07. The van der Waals surface area contributed by atoms with Gasteiger partial charge in [-0.3, -0.25) is 4.79 Å². The summed E-state index contributed by atoms with van der Waals surface area (Å²) in [4.78, 5) is 24.4. The van der Waals surface area contributed by atoms with E-state index >= 15 is 0 Å². The maximum absolute atomic E-state index is 12.3. The Bertz CT molecular complexity index is 897. The molecule has 0 atom stereocenters. The fourth-order valence-electron chi connectivity index (χ4n) is 2.61. The molecule has 0 spiro atoms. The van der Waals surface area contributed by atoms with E-state index in [9.17, 15) is 9.59 Å². The average Bonchev–Trinajstić information content (AvgIpc) is 2.86. The van der Waals surface area contributed by atoms with Gasteiger partial charge in [-0.25, -0.2) is 4.79 Å². The molecular formula is C20H16BrNO3. The molecule has 5 heteroatoms. The molecule has 0 saturated heterocycles. The predicted octanol–water partition coefficient (Wildman–Crippen LogP) is 4.01. The molecule has 4 nitrogen and oxygen atoms in total. The zero-order valence-electron chi connectivity index (χ0n) is 13.6. The Morgan fingerprint density at radius 1 is 1.20 bits per heavy atom. The maximum Gasteiger partial charge on any atom is 0.341 e. The van der Waals surface area contributed by atoms with Crippen molar-refractivity contribution in [2.45, 2.75) is 6.92 Å². The third kappa shape index (κ3) is 3.72. The van der Waals surface area contributed by atoms with Crippen LogP contribution in [0.4, 0.5) is 0 Å². The molecule has 0 aromatic heterocycles. The standard InChI is InChI=1S/C20H16BrNO3/c1-12-6-8-14(9-7-12)19(23)22-11-17-18(13(2)25-20(17)24)15-4-3-5-16(21)10-15/h3-10H,2,11H2,1H3,(H,22,23). The Hall–Kier alpha value is -2.66. The summed E-state index contributed by atoms with van der Waals surface area (Å²) in [5.41, 5.74) is 3.44. The fraction of sp³-hybridized carbons (Fsp3) is 0.100. The SMILES string of the molecule is C=C1OC(=O)C(CNC(=O)c2ccc(C)cc2)=C1c1cccc(Br)c1. The van der Waals surface area contributed by atoms with Gasteiger partial charge in [-0.15, -0.1) is 0 Å². The molecule has 0 fully saturated rings. The zero-order chi connectivity index (χ0) is 18.0. The van der Waals surface area contributed by atoms with Crippen LogP contribution in [-0.2, 0) is 9.53 Å². The van der Waals surface area contributed by atoms with Crippen LogP contribution in [0.25, 0.3) is 5.57 Å². The number of hydrogen-bond acceptors (Lipinski definition) is 3. The molecule has 1 aliphatic rings. The highest BCUT2D eigenvalue weighted by Gasteiger charge is 2.29. The van der Waals surface area contributed by atoms with Crippen LogP contribution in [-0.4, -0.2) is 18.4 Å². The van der Waals surface area contributed by atoms with Crippen molar-refractivity contribution in [2.75, 3.05) is 6.54 Å². The number of halogens is 1. The molecule has 3 rings (SSSR count). The number of amides is 1. The van der Waals surface area contributed by atoms with Gasteiger partial charge in [-0.05, 0) is 36.8 Å². The van der Waals surface area contributed by atoms with E-state index in [0.717, 1.165) is 15.6 Å². The van der Waals surface area contributed by atoms with Crippen molar-refractivity contribution >= 4 is 33.4 Å². The van der Waals surface area contributed by atoms with E-state index < -0.39 is 5.97 Å². The zero-order valence-corrected chi connectivity index (χ0v) is 15.2. The van der Waals surface area contributed by atoms with Crippen LogP contribution in [0.5, 0.6) is 0 Å². The third-order valence-corrected chi connectivity index (χ3v) is 4.39. The summed E-state index contributed by atoms with van der Waals surface area (Å²) < 4.78 is 6.04. The molecule has 1 heterocycles. The lowest BCUT2D eigenvalue weighted by molar-refractivity contribution is -0.133. The lowest BCUT2D eigenvalue weighted by Crippen LogP contribution is -2.27. The van der Waals surface area contributed by atoms with E-state index in [1.54, 1.807) is 12.1 Å². The molecular weight excluding hydrogens is 382 g/mol. The number of cyclic esters (lactones) is 1. The number of rotatable bonds is 4. The van der Waals surface area contributed by atoms with Gasteiger partial charge in [0, 0.05) is 15.6 Å². The van der Waals surface area contributed by atoms with Crippen LogP contribution in [0, 0.1) is 6.92 Å². The van der Waals surface area contributed by atoms with Gasteiger partial charge in [-0.2, -0.15) is 0 Å². The van der Waals surface area contributed by atoms with Crippen LogP contribution in [0.2, 0.25) is 0 Å². The first-order chi connectivity index (χ1) is 12.0. The highest BCUT2D eigenvalue weighted by molar-refractivity contribution is 9.10. The molecule has 126 valence electrons. The van der Waals surface area contributed by atoms with Crippen LogP contribution < -0.4 is 5.32 Å². The van der Waals surface area contributed by atoms with Crippen molar-refractivity contribution < 1.29 is 14.3 Å². The largest absolute Gasteiger partial charge is 0.423 e. The molecule has 0 bridgehead atoms. The summed E-state index contributed by atoms with van der Waals surface area (Å²) in [6, 6.07) is 14.7. The van der Waals surface area contributed by atoms with E-state index in [2.05, 4.69) is 27.8 Å². The van der Waals surface area contributed by atoms with E-state index in [1.807, 2.05) is 43.3 Å². The Balaban J connectivity index is 1.85. The number of esters is 1. The number of carbonyl (C=O) groups excluding carboxylic acids is 2. The fourth-order valence-corrected chi connectivity index (χ4v) is 3.01. The quantitative estimate of drug-likeness (QED) is 0.792. The van der Waals surface area contributed by atoms with Crippen molar-refractivity contribution in [1.82, 2.24) is 5.32 Å². The first kappa shape index (κ1) is 17.2. The van der Waals surface area contributed by atoms with Gasteiger partial charge in [0.15, 0.2) is 0 Å². The molecule has 0 radical (unpaired) electrons. The van der Waals surface area contributed by atoms with Gasteiger partial charge in [0.2, 0.25) is 0 Å². The van der Waals surface area contributed by atoms with E-state index in [4.69, 9.17) is 4.74 Å². The number of allylic oxidation sites excluding steroid dienone is 1. The minimum Gasteiger partial charge on any atom is -0.423 e. The van der Waals surface area contributed by atoms with Crippen LogP contribution in [0.1, 0.15) is 21.5 Å². The average molecular weight is 398 g/mol. The number of aryl methyl sites for hydroxylation is 1. The molecule has 1 N–H and O–H groups in total. The molecule has 2 aromatic rings. The van der Waals surface area contributed by atoms with E-state index in [1.165, 1.54) is 0 Å². The van der Waals surface area contributed by atoms with Crippen molar-refractivity contribution in [3.63, 3.8) is 0 Å². The molecule has 1 aliphatic heterocycles. The molecule has 25 heavy (non-hydrogen) atoms. The molecule has 1 amide bonds. The summed E-state index contributed by atoms with van der Waals surface area (Å²) in [6.07, 6.45) is 0. The maximum atomic E-state index is 12.3. The third-order valence-electron chi connectivity index (χ3n) is 3.90. The van der Waals surface area contributed by atoms with Gasteiger partial charge in [-0.1, -0.05) is 52.3 Å². The second-order valence-corrected chi connectivity index (χ2v) is 6.64. The smallest absolute Gasteiger partial charge is 0.341 e. The summed E-state index contributed by atoms with van der Waals surface area (Å²) >= 11 is 3.42. The number of ether oxygens (including phenoxy) is 1. The van der Waals surface area contributed by atoms with Crippen molar-refractivity contribution in [3.8, 4) is 0 Å². The monoisotopic (exact) mass is 397 g/mol. The first-order valence-corrected chi connectivity index (χ1v) is 8.50. The van der Waals surface area contributed by atoms with Crippen molar-refractivity contribution in [3.05, 3.63) is 87.6 Å². The highest BCUT2D eigenvalue weighted by Crippen LogP contribution is 2.34. The van der Waals surface area contributed by atoms with E-state index in [-0.39, 0.29) is 12.5 Å². The lowest BCUT2D eigenvalue weighted by atomic mass is 10.0. The normalized spacial score (nSPS) is 13.8. The molecule has 0 aliphatic carbocycles. The van der Waals surface area contributed by atoms with Gasteiger partial charge in [0.05, 0.1) is 12.1 Å². The minimum atomic E-state index is -0.482. The van der Waals surface area contributed by atoms with Gasteiger partial charge in [0.1, 0.15) is 5.76 Å². The summed E-state index contributed by atoms with van der Waals surface area (Å²) in [5, 5.41) is 2.78. The Labute approximate surface area is 154 Å². The summed E-state index contributed by atoms with van der Waals surface area (Å²) in [6.45, 7) is 5.84. The summed E-state index contributed by atoms with van der Waals surface area (Å²) in [5.74, 6) is -0.432. The van der Waals surface area contributed by atoms with Crippen LogP contribution >= 0.6 is 15.9 Å². The van der Waals surface area contributed by atoms with Crippen molar-refractivity contribution in [2.24, 2.45) is 0 Å². The molecule has 2 aromatic carbocycles. The number of benzene rings is 2. The second kappa shape index (κ2) is 7.07. The highest BCUT2D eigenvalue weighted by atomic mass is 79.9. The number of hydrogen-bond donors (Lipinski definition) is 1. The Morgan fingerprint density at radius 2 is 1.92 bits per heavy atom. The summed E-state index contributed by atoms with van der Waals surface area (Å²) in [7, 11) is 0. The van der Waals surface area contributed by atoms with E-state index in [0.29, 0.717) is 22.5 Å². The number of carbonyl (C=O) groups is 2. The minimum absolute atomic E-state index is 0.0758. The van der Waals surface area contributed by atoms with Gasteiger partial charge < -0.3 is 10.1 Å². The Morgan fingerprint density at radius 3 is 2.60 bits per heavy atom. The topological polar surface area (TPSA) is 55.4 Å². The Kier molecular flexibility index (Phi) is 4.86. The number of nitrogens with one attached hydrogen (secondary N) is 1. The van der Waals surface area contributed by atoms with Crippen LogP contribution in [0.15, 0.2) is 70.9 Å². The first-order valence-electron chi connectivity index (χ1n) is 7.71. The molecule has 0 unspecified atom stereocenters. The predicted molar refractivity (Wildman–Crippen MR) is 99.8 cm³/mol. The van der Waals surface area contributed by atoms with Gasteiger partial charge in [0.25, 0.3) is 5.91 Å². The second-order valence-electron chi connectivity index (χ2n) is 5.73. The van der Waals surface area contributed by atoms with Crippen molar-refractivity contribution in [1.29, 1.82) is 0 Å². The van der Waals surface area contributed by atoms with Gasteiger partial charge >= 0.3 is 5.97 Å². The van der Waals surface area contributed by atoms with Crippen LogP contribution in [0.3, 0.4) is 0 Å².